The Kier molecular flexibility index (Phi) is 2.71. The largest absolute Gasteiger partial charge is 0.381 e. The Morgan fingerprint density at radius 1 is 1.44 bits per heavy atom. The average molecular weight is 246 g/mol. The minimum atomic E-state index is -0.498. The number of fused-ring (bicyclic) bond motifs is 1. The molecule has 3 rings (SSSR count). The molecule has 1 fully saturated rings. The van der Waals surface area contributed by atoms with Crippen molar-refractivity contribution in [1.82, 2.24) is 14.6 Å². The molecule has 18 heavy (non-hydrogen) atoms. The van der Waals surface area contributed by atoms with E-state index in [1.165, 1.54) is 0 Å². The molecule has 2 aromatic heterocycles. The molecule has 0 bridgehead atoms. The van der Waals surface area contributed by atoms with Gasteiger partial charge in [0.2, 0.25) is 0 Å². The Hall–Kier alpha value is -1.95. The van der Waals surface area contributed by atoms with Gasteiger partial charge in [0.25, 0.3) is 5.91 Å². The maximum Gasteiger partial charge on any atom is 0.269 e. The highest BCUT2D eigenvalue weighted by molar-refractivity contribution is 5.94. The topological polar surface area (TPSA) is 82.5 Å². The molecule has 0 aliphatic carbocycles. The molecule has 1 aliphatic heterocycles. The van der Waals surface area contributed by atoms with Crippen LogP contribution in [0.25, 0.3) is 5.65 Å². The first-order chi connectivity index (χ1) is 8.77. The lowest BCUT2D eigenvalue weighted by Crippen LogP contribution is -2.19. The second-order valence-corrected chi connectivity index (χ2v) is 4.40. The van der Waals surface area contributed by atoms with E-state index < -0.39 is 5.91 Å². The highest BCUT2D eigenvalue weighted by Gasteiger charge is 2.26. The molecule has 0 radical (unpaired) electrons. The van der Waals surface area contributed by atoms with Crippen LogP contribution in [0.5, 0.6) is 0 Å². The third-order valence-electron chi connectivity index (χ3n) is 3.29. The van der Waals surface area contributed by atoms with Gasteiger partial charge in [0.1, 0.15) is 0 Å². The van der Waals surface area contributed by atoms with E-state index in [1.54, 1.807) is 23.0 Å². The van der Waals surface area contributed by atoms with Crippen molar-refractivity contribution in [2.75, 3.05) is 13.2 Å². The van der Waals surface area contributed by atoms with E-state index in [9.17, 15) is 4.79 Å². The van der Waals surface area contributed by atoms with Crippen molar-refractivity contribution in [3.63, 3.8) is 0 Å². The molecule has 0 aromatic carbocycles. The summed E-state index contributed by atoms with van der Waals surface area (Å²) in [5, 5.41) is 4.23. The molecule has 0 saturated carbocycles. The Morgan fingerprint density at radius 3 is 2.94 bits per heavy atom. The smallest absolute Gasteiger partial charge is 0.269 e. The first kappa shape index (κ1) is 11.2. The zero-order valence-corrected chi connectivity index (χ0v) is 9.87. The second-order valence-electron chi connectivity index (χ2n) is 4.40. The van der Waals surface area contributed by atoms with Crippen molar-refractivity contribution in [2.45, 2.75) is 18.8 Å². The van der Waals surface area contributed by atoms with Crippen LogP contribution in [0.1, 0.15) is 34.8 Å². The first-order valence-electron chi connectivity index (χ1n) is 5.98. The van der Waals surface area contributed by atoms with Crippen molar-refractivity contribution in [1.29, 1.82) is 0 Å². The van der Waals surface area contributed by atoms with E-state index in [-0.39, 0.29) is 5.92 Å². The predicted octanol–water partition coefficient (Wildman–Crippen LogP) is 0.722. The summed E-state index contributed by atoms with van der Waals surface area (Å²) in [4.78, 5) is 15.8. The minimum Gasteiger partial charge on any atom is -0.381 e. The molecule has 1 aliphatic rings. The van der Waals surface area contributed by atoms with Crippen LogP contribution in [0.15, 0.2) is 18.5 Å². The number of ether oxygens (including phenoxy) is 1. The molecule has 2 N–H and O–H groups in total. The van der Waals surface area contributed by atoms with Gasteiger partial charge < -0.3 is 10.5 Å². The summed E-state index contributed by atoms with van der Waals surface area (Å²) in [5.41, 5.74) is 7.33. The highest BCUT2D eigenvalue weighted by Crippen LogP contribution is 2.31. The van der Waals surface area contributed by atoms with Gasteiger partial charge >= 0.3 is 0 Å². The van der Waals surface area contributed by atoms with Crippen molar-refractivity contribution in [3.8, 4) is 0 Å². The van der Waals surface area contributed by atoms with Crippen LogP contribution in [0, 0.1) is 0 Å². The number of carbonyl (C=O) groups excluding carboxylic acids is 1. The zero-order chi connectivity index (χ0) is 12.5. The number of carbonyl (C=O) groups is 1. The van der Waals surface area contributed by atoms with Crippen LogP contribution in [-0.2, 0) is 4.74 Å². The van der Waals surface area contributed by atoms with Crippen molar-refractivity contribution in [3.05, 3.63) is 29.7 Å². The van der Waals surface area contributed by atoms with Gasteiger partial charge in [0.15, 0.2) is 11.3 Å². The van der Waals surface area contributed by atoms with E-state index in [2.05, 4.69) is 10.1 Å². The summed E-state index contributed by atoms with van der Waals surface area (Å²) < 4.78 is 6.96. The fourth-order valence-electron chi connectivity index (χ4n) is 2.45. The molecule has 0 spiro atoms. The number of hydrogen-bond acceptors (Lipinski definition) is 4. The molecule has 94 valence electrons. The first-order valence-corrected chi connectivity index (χ1v) is 5.98. The van der Waals surface area contributed by atoms with Crippen molar-refractivity contribution in [2.24, 2.45) is 5.73 Å². The molecule has 1 amide bonds. The Labute approximate surface area is 104 Å². The second kappa shape index (κ2) is 4.38. The van der Waals surface area contributed by atoms with E-state index in [0.717, 1.165) is 24.1 Å². The van der Waals surface area contributed by atoms with E-state index in [1.807, 2.05) is 0 Å². The summed E-state index contributed by atoms with van der Waals surface area (Å²) in [6, 6.07) is 1.78. The maximum absolute atomic E-state index is 11.5. The van der Waals surface area contributed by atoms with Crippen LogP contribution in [0.4, 0.5) is 0 Å². The summed E-state index contributed by atoms with van der Waals surface area (Å²) in [6.07, 6.45) is 5.22. The summed E-state index contributed by atoms with van der Waals surface area (Å²) in [5.74, 6) is -0.254. The fourth-order valence-corrected chi connectivity index (χ4v) is 2.45. The molecular formula is C12H14N4O2. The molecule has 2 aromatic rings. The quantitative estimate of drug-likeness (QED) is 0.846. The Morgan fingerprint density at radius 2 is 2.22 bits per heavy atom. The molecule has 0 atom stereocenters. The molecule has 6 heteroatoms. The predicted molar refractivity (Wildman–Crippen MR) is 64.3 cm³/mol. The third-order valence-corrected chi connectivity index (χ3v) is 3.29. The number of nitrogens with zero attached hydrogens (tertiary/aromatic N) is 3. The van der Waals surface area contributed by atoms with Crippen molar-refractivity contribution < 1.29 is 9.53 Å². The van der Waals surface area contributed by atoms with Crippen molar-refractivity contribution >= 4 is 11.6 Å². The average Bonchev–Trinajstić information content (AvgIpc) is 2.79. The third kappa shape index (κ3) is 1.74. The monoisotopic (exact) mass is 246 g/mol. The van der Waals surface area contributed by atoms with Crippen LogP contribution in [0.3, 0.4) is 0 Å². The lowest BCUT2D eigenvalue weighted by molar-refractivity contribution is 0.0847. The van der Waals surface area contributed by atoms with Gasteiger partial charge in [0, 0.05) is 31.2 Å². The normalized spacial score (nSPS) is 17.1. The summed E-state index contributed by atoms with van der Waals surface area (Å²) in [6.45, 7) is 1.40. The molecule has 1 saturated heterocycles. The number of aromatic nitrogens is 3. The molecular weight excluding hydrogens is 232 g/mol. The van der Waals surface area contributed by atoms with Gasteiger partial charge in [-0.2, -0.15) is 5.10 Å². The minimum absolute atomic E-state index is 0.244. The lowest BCUT2D eigenvalue weighted by atomic mass is 9.91. The number of hydrogen-bond donors (Lipinski definition) is 1. The Balaban J connectivity index is 2.17. The number of nitrogens with two attached hydrogens (primary N) is 1. The van der Waals surface area contributed by atoms with E-state index in [4.69, 9.17) is 10.5 Å². The Bertz CT molecular complexity index is 587. The highest BCUT2D eigenvalue weighted by atomic mass is 16.5. The van der Waals surface area contributed by atoms with Crippen LogP contribution in [0.2, 0.25) is 0 Å². The molecule has 6 nitrogen and oxygen atoms in total. The molecule has 3 heterocycles. The van der Waals surface area contributed by atoms with E-state index in [0.29, 0.717) is 18.9 Å². The van der Waals surface area contributed by atoms with Crippen LogP contribution in [-0.4, -0.2) is 33.7 Å². The van der Waals surface area contributed by atoms with Gasteiger partial charge in [-0.1, -0.05) is 0 Å². The standard InChI is InChI=1S/C12H14N4O2/c13-11(17)10-9(8-2-6-18-7-3-8)12-14-4-1-5-16(12)15-10/h1,4-5,8H,2-3,6-7H2,(H2,13,17). The maximum atomic E-state index is 11.5. The van der Waals surface area contributed by atoms with Gasteiger partial charge in [-0.05, 0) is 24.8 Å². The summed E-state index contributed by atoms with van der Waals surface area (Å²) >= 11 is 0. The zero-order valence-electron chi connectivity index (χ0n) is 9.87. The van der Waals surface area contributed by atoms with E-state index >= 15 is 0 Å². The molecule has 0 unspecified atom stereocenters. The summed E-state index contributed by atoms with van der Waals surface area (Å²) in [7, 11) is 0. The van der Waals surface area contributed by atoms with Gasteiger partial charge in [0.05, 0.1) is 0 Å². The lowest BCUT2D eigenvalue weighted by Gasteiger charge is -2.21. The fraction of sp³-hybridized carbons (Fsp3) is 0.417. The van der Waals surface area contributed by atoms with Crippen LogP contribution < -0.4 is 5.73 Å². The van der Waals surface area contributed by atoms with Gasteiger partial charge in [-0.3, -0.25) is 4.79 Å². The number of primary amides is 1. The van der Waals surface area contributed by atoms with Crippen LogP contribution >= 0.6 is 0 Å². The SMILES string of the molecule is NC(=O)c1nn2cccnc2c1C1CCOCC1. The van der Waals surface area contributed by atoms with Gasteiger partial charge in [-0.15, -0.1) is 0 Å². The van der Waals surface area contributed by atoms with Gasteiger partial charge in [-0.25, -0.2) is 9.50 Å². The number of amides is 1. The number of rotatable bonds is 2.